The lowest BCUT2D eigenvalue weighted by atomic mass is 9.94. The maximum absolute atomic E-state index is 5.98. The first-order valence-corrected chi connectivity index (χ1v) is 12.3. The van der Waals surface area contributed by atoms with Gasteiger partial charge in [-0.15, -0.1) is 0 Å². The van der Waals surface area contributed by atoms with Crippen LogP contribution in [-0.4, -0.2) is 59.7 Å². The van der Waals surface area contributed by atoms with Crippen molar-refractivity contribution in [2.45, 2.75) is 64.1 Å². The van der Waals surface area contributed by atoms with Crippen LogP contribution in [0.3, 0.4) is 0 Å². The fourth-order valence-electron chi connectivity index (χ4n) is 5.86. The minimum absolute atomic E-state index is 0.405. The summed E-state index contributed by atoms with van der Waals surface area (Å²) >= 11 is 0. The quantitative estimate of drug-likeness (QED) is 0.671. The predicted molar refractivity (Wildman–Crippen MR) is 125 cm³/mol. The number of fused-ring (bicyclic) bond motifs is 1. The third-order valence-electron chi connectivity index (χ3n) is 7.53. The fourth-order valence-corrected chi connectivity index (χ4v) is 5.86. The molecule has 0 unspecified atom stereocenters. The summed E-state index contributed by atoms with van der Waals surface area (Å²) in [4.78, 5) is 10.2. The summed E-state index contributed by atoms with van der Waals surface area (Å²) in [5.74, 6) is 0.784. The van der Waals surface area contributed by atoms with Crippen molar-refractivity contribution in [1.82, 2.24) is 14.8 Å². The van der Waals surface area contributed by atoms with Crippen LogP contribution < -0.4 is 0 Å². The third-order valence-corrected chi connectivity index (χ3v) is 7.53. The largest absolute Gasteiger partial charge is 0.377 e. The van der Waals surface area contributed by atoms with Crippen molar-refractivity contribution in [1.29, 1.82) is 0 Å². The molecule has 1 aliphatic carbocycles. The van der Waals surface area contributed by atoms with E-state index in [9.17, 15) is 0 Å². The second kappa shape index (κ2) is 9.81. The molecular formula is C27H37N3O. The lowest BCUT2D eigenvalue weighted by molar-refractivity contribution is 0.0537. The van der Waals surface area contributed by atoms with Crippen LogP contribution in [0.25, 0.3) is 0 Å². The molecule has 0 radical (unpaired) electrons. The lowest BCUT2D eigenvalue weighted by Crippen LogP contribution is -2.44. The van der Waals surface area contributed by atoms with Gasteiger partial charge in [0.05, 0.1) is 11.8 Å². The van der Waals surface area contributed by atoms with Crippen LogP contribution in [-0.2, 0) is 24.1 Å². The smallest absolute Gasteiger partial charge is 0.0702 e. The highest BCUT2D eigenvalue weighted by molar-refractivity contribution is 5.33. The summed E-state index contributed by atoms with van der Waals surface area (Å²) in [6.45, 7) is 8.69. The van der Waals surface area contributed by atoms with E-state index < -0.39 is 0 Å². The van der Waals surface area contributed by atoms with E-state index in [0.29, 0.717) is 6.10 Å². The van der Waals surface area contributed by atoms with Crippen molar-refractivity contribution < 1.29 is 4.74 Å². The molecule has 0 saturated carbocycles. The van der Waals surface area contributed by atoms with Crippen molar-refractivity contribution in [3.05, 3.63) is 65.0 Å². The molecule has 4 heteroatoms. The zero-order chi connectivity index (χ0) is 21.0. The molecule has 0 spiro atoms. The topological polar surface area (TPSA) is 28.6 Å². The molecule has 0 amide bonds. The lowest BCUT2D eigenvalue weighted by Gasteiger charge is -2.38. The molecule has 0 bridgehead atoms. The molecule has 3 heterocycles. The normalized spacial score (nSPS) is 23.0. The van der Waals surface area contributed by atoms with Gasteiger partial charge in [-0.1, -0.05) is 30.3 Å². The highest BCUT2D eigenvalue weighted by Crippen LogP contribution is 2.29. The summed E-state index contributed by atoms with van der Waals surface area (Å²) in [5.41, 5.74) is 5.45. The molecule has 0 N–H and O–H groups in total. The standard InChI is InChI=1S/C27H37N3O/c1-21-6-4-9-25(28-21)19-29(20-27-10-5-15-31-27)18-22-11-13-30(14-12-22)26-16-23-7-2-3-8-24(23)17-26/h2-4,6-9,22,26-27H,5,10-20H2,1H3/t27-/m1/s1. The number of nitrogens with zero attached hydrogens (tertiary/aromatic N) is 3. The molecule has 1 aromatic heterocycles. The Balaban J connectivity index is 1.16. The van der Waals surface area contributed by atoms with Crippen molar-refractivity contribution in [3.8, 4) is 0 Å². The monoisotopic (exact) mass is 419 g/mol. The van der Waals surface area contributed by atoms with Crippen LogP contribution in [0.5, 0.6) is 0 Å². The third kappa shape index (κ3) is 5.36. The van der Waals surface area contributed by atoms with Gasteiger partial charge in [-0.05, 0) is 87.7 Å². The van der Waals surface area contributed by atoms with Gasteiger partial charge in [0.1, 0.15) is 0 Å². The van der Waals surface area contributed by atoms with Gasteiger partial charge >= 0.3 is 0 Å². The van der Waals surface area contributed by atoms with Gasteiger partial charge in [-0.3, -0.25) is 14.8 Å². The summed E-state index contributed by atoms with van der Waals surface area (Å²) in [6, 6.07) is 16.2. The summed E-state index contributed by atoms with van der Waals surface area (Å²) in [6.07, 6.45) is 7.94. The van der Waals surface area contributed by atoms with Crippen LogP contribution in [0, 0.1) is 12.8 Å². The van der Waals surface area contributed by atoms with E-state index in [1.807, 2.05) is 0 Å². The van der Waals surface area contributed by atoms with Crippen LogP contribution in [0.2, 0.25) is 0 Å². The number of hydrogen-bond acceptors (Lipinski definition) is 4. The van der Waals surface area contributed by atoms with E-state index in [4.69, 9.17) is 9.72 Å². The number of ether oxygens (including phenoxy) is 1. The Morgan fingerprint density at radius 3 is 2.42 bits per heavy atom. The second-order valence-electron chi connectivity index (χ2n) is 9.91. The molecule has 31 heavy (non-hydrogen) atoms. The molecule has 2 aliphatic heterocycles. The Morgan fingerprint density at radius 1 is 0.968 bits per heavy atom. The summed E-state index contributed by atoms with van der Waals surface area (Å²) in [5, 5.41) is 0. The minimum atomic E-state index is 0.405. The highest BCUT2D eigenvalue weighted by Gasteiger charge is 2.31. The fraction of sp³-hybridized carbons (Fsp3) is 0.593. The van der Waals surface area contributed by atoms with Crippen LogP contribution in [0.15, 0.2) is 42.5 Å². The molecule has 166 valence electrons. The van der Waals surface area contributed by atoms with E-state index in [2.05, 4.69) is 59.2 Å². The van der Waals surface area contributed by atoms with Gasteiger partial charge in [0.2, 0.25) is 0 Å². The molecule has 4 nitrogen and oxygen atoms in total. The van der Waals surface area contributed by atoms with Gasteiger partial charge in [0.15, 0.2) is 0 Å². The molecule has 2 saturated heterocycles. The molecule has 3 aliphatic rings. The van der Waals surface area contributed by atoms with Crippen molar-refractivity contribution >= 4 is 0 Å². The number of aromatic nitrogens is 1. The van der Waals surface area contributed by atoms with E-state index >= 15 is 0 Å². The van der Waals surface area contributed by atoms with Crippen molar-refractivity contribution in [3.63, 3.8) is 0 Å². The molecule has 1 atom stereocenters. The first-order valence-electron chi connectivity index (χ1n) is 12.3. The molecule has 2 fully saturated rings. The van der Waals surface area contributed by atoms with E-state index in [1.165, 1.54) is 63.9 Å². The Hall–Kier alpha value is -1.75. The number of pyridine rings is 1. The molecule has 5 rings (SSSR count). The van der Waals surface area contributed by atoms with E-state index in [0.717, 1.165) is 37.4 Å². The Kier molecular flexibility index (Phi) is 6.68. The van der Waals surface area contributed by atoms with Gasteiger partial charge in [0.25, 0.3) is 0 Å². The second-order valence-corrected chi connectivity index (χ2v) is 9.91. The number of likely N-dealkylation sites (tertiary alicyclic amines) is 1. The van der Waals surface area contributed by atoms with Crippen LogP contribution in [0.1, 0.15) is 48.2 Å². The number of hydrogen-bond donors (Lipinski definition) is 0. The molecule has 2 aromatic rings. The van der Waals surface area contributed by atoms with Crippen molar-refractivity contribution in [2.75, 3.05) is 32.8 Å². The number of piperidine rings is 1. The predicted octanol–water partition coefficient (Wildman–Crippen LogP) is 4.25. The van der Waals surface area contributed by atoms with Gasteiger partial charge in [-0.2, -0.15) is 0 Å². The Morgan fingerprint density at radius 2 is 1.74 bits per heavy atom. The molecule has 1 aromatic carbocycles. The summed E-state index contributed by atoms with van der Waals surface area (Å²) < 4.78 is 5.98. The van der Waals surface area contributed by atoms with Crippen LogP contribution in [0.4, 0.5) is 0 Å². The van der Waals surface area contributed by atoms with Crippen LogP contribution >= 0.6 is 0 Å². The Bertz CT molecular complexity index is 830. The molecular weight excluding hydrogens is 382 g/mol. The van der Waals surface area contributed by atoms with Gasteiger partial charge < -0.3 is 4.74 Å². The van der Waals surface area contributed by atoms with Crippen molar-refractivity contribution in [2.24, 2.45) is 5.92 Å². The zero-order valence-corrected chi connectivity index (χ0v) is 19.0. The maximum atomic E-state index is 5.98. The van der Waals surface area contributed by atoms with E-state index in [-0.39, 0.29) is 0 Å². The average molecular weight is 420 g/mol. The average Bonchev–Trinajstić information content (AvgIpc) is 3.44. The SMILES string of the molecule is Cc1cccc(CN(CC2CCN(C3Cc4ccccc4C3)CC2)C[C@H]2CCCO2)n1. The number of aryl methyl sites for hydroxylation is 1. The number of rotatable bonds is 7. The van der Waals surface area contributed by atoms with E-state index in [1.54, 1.807) is 11.1 Å². The minimum Gasteiger partial charge on any atom is -0.377 e. The Labute approximate surface area is 187 Å². The first kappa shape index (κ1) is 21.1. The van der Waals surface area contributed by atoms with Gasteiger partial charge in [0, 0.05) is 38.0 Å². The maximum Gasteiger partial charge on any atom is 0.0702 e. The summed E-state index contributed by atoms with van der Waals surface area (Å²) in [7, 11) is 0. The number of benzene rings is 1. The zero-order valence-electron chi connectivity index (χ0n) is 19.0. The first-order chi connectivity index (χ1) is 15.2. The highest BCUT2D eigenvalue weighted by atomic mass is 16.5. The van der Waals surface area contributed by atoms with Gasteiger partial charge in [-0.25, -0.2) is 0 Å².